The molecule has 6 nitrogen and oxygen atoms in total. The molecule has 7 heteroatoms. The Kier molecular flexibility index (Phi) is 12.2. The number of nitrogens with one attached hydrogen (secondary N) is 1. The molecule has 0 aromatic heterocycles. The van der Waals surface area contributed by atoms with Crippen molar-refractivity contribution in [2.24, 2.45) is 0 Å². The maximum absolute atomic E-state index is 13.3. The van der Waals surface area contributed by atoms with Crippen molar-refractivity contribution in [2.45, 2.75) is 130 Å². The second kappa shape index (κ2) is 13.6. The minimum absolute atomic E-state index is 0.226. The lowest BCUT2D eigenvalue weighted by molar-refractivity contribution is 0.206. The number of anilines is 1. The average Bonchev–Trinajstić information content (AvgIpc) is 2.71. The Morgan fingerprint density at radius 1 is 0.829 bits per heavy atom. The second-order valence-corrected chi connectivity index (χ2v) is 13.4. The Labute approximate surface area is 215 Å². The molecule has 0 spiro atoms. The summed E-state index contributed by atoms with van der Waals surface area (Å²) in [6.07, 6.45) is 10.0. The first-order valence-corrected chi connectivity index (χ1v) is 14.8. The molecule has 0 saturated carbocycles. The van der Waals surface area contributed by atoms with Crippen LogP contribution >= 0.6 is 0 Å². The number of carboxylic acid groups (broad SMARTS) is 1. The van der Waals surface area contributed by atoms with Crippen molar-refractivity contribution in [3.8, 4) is 0 Å². The highest BCUT2D eigenvalue weighted by Crippen LogP contribution is 2.42. The van der Waals surface area contributed by atoms with Crippen molar-refractivity contribution < 1.29 is 18.3 Å². The first kappa shape index (κ1) is 31.4. The SMILES string of the molecule is CCCCCCCCCCCCNS(=O)(=O)N(C(=O)O)c1c(C(C)(C)C)cc(C)cc1C(C)(C)C. The zero-order chi connectivity index (χ0) is 26.9. The predicted octanol–water partition coefficient (Wildman–Crippen LogP) is 7.83. The Bertz CT molecular complexity index is 877. The molecule has 0 atom stereocenters. The van der Waals surface area contributed by atoms with Gasteiger partial charge in [0.2, 0.25) is 0 Å². The molecule has 0 aliphatic rings. The highest BCUT2D eigenvalue weighted by atomic mass is 32.2. The summed E-state index contributed by atoms with van der Waals surface area (Å²) in [6, 6.07) is 3.80. The van der Waals surface area contributed by atoms with Gasteiger partial charge in [0.25, 0.3) is 0 Å². The van der Waals surface area contributed by atoms with E-state index in [1.165, 1.54) is 38.5 Å². The molecule has 0 fully saturated rings. The molecule has 0 bridgehead atoms. The molecule has 35 heavy (non-hydrogen) atoms. The number of hydrogen-bond acceptors (Lipinski definition) is 3. The molecule has 202 valence electrons. The van der Waals surface area contributed by atoms with Gasteiger partial charge in [-0.1, -0.05) is 124 Å². The zero-order valence-electron chi connectivity index (χ0n) is 23.5. The van der Waals surface area contributed by atoms with Gasteiger partial charge in [0.15, 0.2) is 0 Å². The van der Waals surface area contributed by atoms with Crippen LogP contribution in [0.25, 0.3) is 0 Å². The number of amides is 1. The van der Waals surface area contributed by atoms with Crippen LogP contribution in [0.5, 0.6) is 0 Å². The molecule has 2 N–H and O–H groups in total. The first-order chi connectivity index (χ1) is 16.1. The lowest BCUT2D eigenvalue weighted by atomic mass is 9.77. The molecule has 1 aromatic carbocycles. The molecular formula is C28H50N2O4S. The molecule has 1 aromatic rings. The van der Waals surface area contributed by atoms with E-state index in [9.17, 15) is 18.3 Å². The summed E-state index contributed by atoms with van der Waals surface area (Å²) in [5, 5.41) is 10.1. The smallest absolute Gasteiger partial charge is 0.426 e. The highest BCUT2D eigenvalue weighted by Gasteiger charge is 2.37. The number of unbranched alkanes of at least 4 members (excludes halogenated alkanes) is 9. The molecule has 1 amide bonds. The van der Waals surface area contributed by atoms with E-state index in [4.69, 9.17) is 0 Å². The third-order valence-electron chi connectivity index (χ3n) is 6.30. The van der Waals surface area contributed by atoms with Crippen LogP contribution < -0.4 is 9.03 Å². The van der Waals surface area contributed by atoms with Crippen molar-refractivity contribution in [3.05, 3.63) is 28.8 Å². The molecule has 0 unspecified atom stereocenters. The number of hydrogen-bond donors (Lipinski definition) is 2. The van der Waals surface area contributed by atoms with Gasteiger partial charge >= 0.3 is 16.3 Å². The van der Waals surface area contributed by atoms with Crippen LogP contribution in [0, 0.1) is 6.92 Å². The summed E-state index contributed by atoms with van der Waals surface area (Å²) < 4.78 is 29.7. The summed E-state index contributed by atoms with van der Waals surface area (Å²) in [5.41, 5.74) is 1.74. The van der Waals surface area contributed by atoms with Crippen molar-refractivity contribution in [1.82, 2.24) is 4.72 Å². The van der Waals surface area contributed by atoms with Crippen molar-refractivity contribution >= 4 is 22.0 Å². The molecule has 0 aliphatic carbocycles. The van der Waals surface area contributed by atoms with Crippen LogP contribution in [-0.4, -0.2) is 26.2 Å². The van der Waals surface area contributed by atoms with E-state index in [0.717, 1.165) is 24.8 Å². The van der Waals surface area contributed by atoms with Gasteiger partial charge in [-0.3, -0.25) is 0 Å². The van der Waals surface area contributed by atoms with E-state index < -0.39 is 27.1 Å². The van der Waals surface area contributed by atoms with Gasteiger partial charge in [-0.25, -0.2) is 4.79 Å². The Balaban J connectivity index is 2.97. The summed E-state index contributed by atoms with van der Waals surface area (Å²) in [6.45, 7) is 16.2. The highest BCUT2D eigenvalue weighted by molar-refractivity contribution is 7.91. The Hall–Kier alpha value is -1.60. The van der Waals surface area contributed by atoms with Crippen LogP contribution in [-0.2, 0) is 21.0 Å². The van der Waals surface area contributed by atoms with Crippen molar-refractivity contribution in [1.29, 1.82) is 0 Å². The average molecular weight is 511 g/mol. The van der Waals surface area contributed by atoms with E-state index in [1.54, 1.807) is 0 Å². The van der Waals surface area contributed by atoms with Gasteiger partial charge in [0.1, 0.15) is 0 Å². The largest absolute Gasteiger partial charge is 0.464 e. The lowest BCUT2D eigenvalue weighted by Crippen LogP contribution is -2.46. The van der Waals surface area contributed by atoms with Crippen LogP contribution in [0.2, 0.25) is 0 Å². The summed E-state index contributed by atoms with van der Waals surface area (Å²) in [5.74, 6) is 0. The maximum Gasteiger partial charge on any atom is 0.426 e. The first-order valence-electron chi connectivity index (χ1n) is 13.3. The van der Waals surface area contributed by atoms with E-state index in [0.29, 0.717) is 21.9 Å². The van der Waals surface area contributed by atoms with Gasteiger partial charge in [0, 0.05) is 6.54 Å². The topological polar surface area (TPSA) is 86.7 Å². The third-order valence-corrected chi connectivity index (χ3v) is 7.69. The van der Waals surface area contributed by atoms with E-state index in [-0.39, 0.29) is 12.2 Å². The predicted molar refractivity (Wildman–Crippen MR) is 148 cm³/mol. The molecule has 0 heterocycles. The van der Waals surface area contributed by atoms with Gasteiger partial charge < -0.3 is 5.11 Å². The fraction of sp³-hybridized carbons (Fsp3) is 0.750. The van der Waals surface area contributed by atoms with E-state index >= 15 is 0 Å². The molecule has 0 radical (unpaired) electrons. The van der Waals surface area contributed by atoms with Gasteiger partial charge in [0.05, 0.1) is 5.69 Å². The Morgan fingerprint density at radius 2 is 1.23 bits per heavy atom. The summed E-state index contributed by atoms with van der Waals surface area (Å²) in [7, 11) is -4.28. The molecule has 0 aliphatic heterocycles. The summed E-state index contributed by atoms with van der Waals surface area (Å²) >= 11 is 0. The maximum atomic E-state index is 13.3. The minimum Gasteiger partial charge on any atom is -0.464 e. The van der Waals surface area contributed by atoms with E-state index in [2.05, 4.69) is 11.6 Å². The standard InChI is InChI=1S/C28H50N2O4S/c1-9-10-11-12-13-14-15-16-17-18-19-29-35(33,34)30(26(31)32)25-23(27(3,4)5)20-22(2)21-24(25)28(6,7)8/h20-21,29H,9-19H2,1-8H3,(H,31,32). The molecular weight excluding hydrogens is 460 g/mol. The summed E-state index contributed by atoms with van der Waals surface area (Å²) in [4.78, 5) is 12.4. The van der Waals surface area contributed by atoms with Crippen LogP contribution in [0.4, 0.5) is 10.5 Å². The van der Waals surface area contributed by atoms with Crippen LogP contribution in [0.15, 0.2) is 12.1 Å². The fourth-order valence-corrected chi connectivity index (χ4v) is 5.51. The second-order valence-electron chi connectivity index (χ2n) is 11.8. The number of carbonyl (C=O) groups is 1. The minimum atomic E-state index is -4.28. The fourth-order valence-electron chi connectivity index (χ4n) is 4.34. The van der Waals surface area contributed by atoms with Crippen LogP contribution in [0.3, 0.4) is 0 Å². The van der Waals surface area contributed by atoms with Gasteiger partial charge in [-0.05, 0) is 35.3 Å². The zero-order valence-corrected chi connectivity index (χ0v) is 24.3. The van der Waals surface area contributed by atoms with Crippen molar-refractivity contribution in [2.75, 3.05) is 10.8 Å². The number of aryl methyl sites for hydroxylation is 1. The van der Waals surface area contributed by atoms with Gasteiger partial charge in [-0.2, -0.15) is 17.4 Å². The molecule has 1 rings (SSSR count). The Morgan fingerprint density at radius 3 is 1.60 bits per heavy atom. The quantitative estimate of drug-likeness (QED) is 0.250. The normalized spacial score (nSPS) is 12.7. The van der Waals surface area contributed by atoms with Crippen LogP contribution in [0.1, 0.15) is 129 Å². The number of benzene rings is 1. The number of rotatable bonds is 14. The van der Waals surface area contributed by atoms with Crippen molar-refractivity contribution in [3.63, 3.8) is 0 Å². The molecule has 0 saturated heterocycles. The van der Waals surface area contributed by atoms with E-state index in [1.807, 2.05) is 60.6 Å². The lowest BCUT2D eigenvalue weighted by Gasteiger charge is -2.34. The number of nitrogens with zero attached hydrogens (tertiary/aromatic N) is 1. The van der Waals surface area contributed by atoms with Gasteiger partial charge in [-0.15, -0.1) is 0 Å². The monoisotopic (exact) mass is 510 g/mol. The third kappa shape index (κ3) is 10.1.